The maximum absolute atomic E-state index is 5.21. The standard InChI is InChI=1S/C15H14N2OS/c1-10-4-3-5-11(8-10)16-15-17-13-9-12(18-2)6-7-14(13)19-15/h3-9H,1-2H3,(H,16,17). The second kappa shape index (κ2) is 4.90. The molecule has 3 nitrogen and oxygen atoms in total. The number of methoxy groups -OCH3 is 1. The Hall–Kier alpha value is -2.07. The molecule has 1 N–H and O–H groups in total. The van der Waals surface area contributed by atoms with Gasteiger partial charge in [-0.15, -0.1) is 0 Å². The summed E-state index contributed by atoms with van der Waals surface area (Å²) >= 11 is 1.64. The average molecular weight is 270 g/mol. The van der Waals surface area contributed by atoms with Crippen LogP contribution < -0.4 is 10.1 Å². The summed E-state index contributed by atoms with van der Waals surface area (Å²) in [7, 11) is 1.67. The first-order valence-corrected chi connectivity index (χ1v) is 6.84. The van der Waals surface area contributed by atoms with Crippen molar-refractivity contribution in [1.82, 2.24) is 4.98 Å². The van der Waals surface area contributed by atoms with E-state index in [1.807, 2.05) is 30.3 Å². The van der Waals surface area contributed by atoms with Crippen LogP contribution in [0.4, 0.5) is 10.8 Å². The molecule has 1 aromatic heterocycles. The number of hydrogen-bond donors (Lipinski definition) is 1. The van der Waals surface area contributed by atoms with E-state index < -0.39 is 0 Å². The van der Waals surface area contributed by atoms with Crippen molar-refractivity contribution < 1.29 is 4.74 Å². The Kier molecular flexibility index (Phi) is 3.09. The average Bonchev–Trinajstić information content (AvgIpc) is 2.79. The van der Waals surface area contributed by atoms with Gasteiger partial charge < -0.3 is 10.1 Å². The zero-order chi connectivity index (χ0) is 13.2. The summed E-state index contributed by atoms with van der Waals surface area (Å²) in [6.45, 7) is 2.08. The minimum atomic E-state index is 0.833. The van der Waals surface area contributed by atoms with Gasteiger partial charge in [0.2, 0.25) is 0 Å². The monoisotopic (exact) mass is 270 g/mol. The summed E-state index contributed by atoms with van der Waals surface area (Å²) < 4.78 is 6.36. The molecule has 96 valence electrons. The van der Waals surface area contributed by atoms with Crippen molar-refractivity contribution in [3.8, 4) is 5.75 Å². The zero-order valence-corrected chi connectivity index (χ0v) is 11.6. The number of nitrogens with zero attached hydrogens (tertiary/aromatic N) is 1. The summed E-state index contributed by atoms with van der Waals surface area (Å²) in [5, 5.41) is 4.24. The van der Waals surface area contributed by atoms with Crippen molar-refractivity contribution in [1.29, 1.82) is 0 Å². The van der Waals surface area contributed by atoms with E-state index in [2.05, 4.69) is 29.4 Å². The number of fused-ring (bicyclic) bond motifs is 1. The van der Waals surface area contributed by atoms with Gasteiger partial charge >= 0.3 is 0 Å². The molecule has 0 atom stereocenters. The quantitative estimate of drug-likeness (QED) is 0.768. The first-order chi connectivity index (χ1) is 9.24. The van der Waals surface area contributed by atoms with Gasteiger partial charge in [0.1, 0.15) is 5.75 Å². The lowest BCUT2D eigenvalue weighted by atomic mass is 10.2. The molecule has 1 heterocycles. The first kappa shape index (κ1) is 12.0. The predicted molar refractivity (Wildman–Crippen MR) is 80.6 cm³/mol. The number of rotatable bonds is 3. The number of hydrogen-bond acceptors (Lipinski definition) is 4. The van der Waals surface area contributed by atoms with Crippen LogP contribution in [0.15, 0.2) is 42.5 Å². The lowest BCUT2D eigenvalue weighted by Gasteiger charge is -2.02. The molecule has 19 heavy (non-hydrogen) atoms. The Morgan fingerprint density at radius 3 is 2.84 bits per heavy atom. The molecule has 3 rings (SSSR count). The topological polar surface area (TPSA) is 34.1 Å². The second-order valence-corrected chi connectivity index (χ2v) is 5.38. The molecule has 4 heteroatoms. The van der Waals surface area contributed by atoms with E-state index in [0.717, 1.165) is 26.8 Å². The summed E-state index contributed by atoms with van der Waals surface area (Å²) in [5.41, 5.74) is 3.25. The van der Waals surface area contributed by atoms with Crippen molar-refractivity contribution in [2.45, 2.75) is 6.92 Å². The van der Waals surface area contributed by atoms with Gasteiger partial charge in [-0.3, -0.25) is 0 Å². The first-order valence-electron chi connectivity index (χ1n) is 6.03. The SMILES string of the molecule is COc1ccc2sc(Nc3cccc(C)c3)nc2c1. The fourth-order valence-electron chi connectivity index (χ4n) is 1.93. The Labute approximate surface area is 115 Å². The molecule has 2 aromatic carbocycles. The predicted octanol–water partition coefficient (Wildman–Crippen LogP) is 4.36. The molecule has 0 radical (unpaired) electrons. The highest BCUT2D eigenvalue weighted by Crippen LogP contribution is 2.30. The molecule has 0 saturated heterocycles. The number of benzene rings is 2. The largest absolute Gasteiger partial charge is 0.497 e. The summed E-state index contributed by atoms with van der Waals surface area (Å²) in [4.78, 5) is 4.57. The van der Waals surface area contributed by atoms with Gasteiger partial charge in [-0.2, -0.15) is 0 Å². The highest BCUT2D eigenvalue weighted by Gasteiger charge is 2.05. The van der Waals surface area contributed by atoms with Gasteiger partial charge in [-0.05, 0) is 36.8 Å². The Bertz CT molecular complexity index is 721. The van der Waals surface area contributed by atoms with Crippen LogP contribution in [0.1, 0.15) is 5.56 Å². The third kappa shape index (κ3) is 2.53. The Balaban J connectivity index is 1.93. The number of aryl methyl sites for hydroxylation is 1. The molecule has 0 amide bonds. The minimum Gasteiger partial charge on any atom is -0.497 e. The van der Waals surface area contributed by atoms with Crippen molar-refractivity contribution in [3.63, 3.8) is 0 Å². The van der Waals surface area contributed by atoms with Gasteiger partial charge in [-0.1, -0.05) is 23.5 Å². The highest BCUT2D eigenvalue weighted by molar-refractivity contribution is 7.22. The Morgan fingerprint density at radius 2 is 2.05 bits per heavy atom. The van der Waals surface area contributed by atoms with Gasteiger partial charge in [0.25, 0.3) is 0 Å². The fraction of sp³-hybridized carbons (Fsp3) is 0.133. The molecule has 0 aliphatic carbocycles. The van der Waals surface area contributed by atoms with Crippen molar-refractivity contribution >= 4 is 32.4 Å². The maximum atomic E-state index is 5.21. The van der Waals surface area contributed by atoms with E-state index in [4.69, 9.17) is 4.74 Å². The van der Waals surface area contributed by atoms with Crippen LogP contribution in [0.2, 0.25) is 0 Å². The maximum Gasteiger partial charge on any atom is 0.188 e. The number of aromatic nitrogens is 1. The lowest BCUT2D eigenvalue weighted by Crippen LogP contribution is -1.89. The van der Waals surface area contributed by atoms with Crippen LogP contribution in [0, 0.1) is 6.92 Å². The molecule has 0 aliphatic heterocycles. The van der Waals surface area contributed by atoms with Gasteiger partial charge in [-0.25, -0.2) is 4.98 Å². The van der Waals surface area contributed by atoms with E-state index in [1.54, 1.807) is 18.4 Å². The highest BCUT2D eigenvalue weighted by atomic mass is 32.1. The van der Waals surface area contributed by atoms with E-state index >= 15 is 0 Å². The fourth-order valence-corrected chi connectivity index (χ4v) is 2.80. The lowest BCUT2D eigenvalue weighted by molar-refractivity contribution is 0.415. The molecule has 0 spiro atoms. The molecule has 0 fully saturated rings. The normalized spacial score (nSPS) is 10.6. The van der Waals surface area contributed by atoms with Gasteiger partial charge in [0, 0.05) is 11.8 Å². The molecule has 0 saturated carbocycles. The molecule has 3 aromatic rings. The van der Waals surface area contributed by atoms with Crippen molar-refractivity contribution in [2.24, 2.45) is 0 Å². The van der Waals surface area contributed by atoms with Gasteiger partial charge in [0.15, 0.2) is 5.13 Å². The van der Waals surface area contributed by atoms with Crippen LogP contribution >= 0.6 is 11.3 Å². The number of ether oxygens (including phenoxy) is 1. The molecular weight excluding hydrogens is 256 g/mol. The smallest absolute Gasteiger partial charge is 0.188 e. The van der Waals surface area contributed by atoms with E-state index in [1.165, 1.54) is 5.56 Å². The van der Waals surface area contributed by atoms with Crippen molar-refractivity contribution in [3.05, 3.63) is 48.0 Å². The van der Waals surface area contributed by atoms with Crippen LogP contribution in [0.25, 0.3) is 10.2 Å². The van der Waals surface area contributed by atoms with E-state index in [9.17, 15) is 0 Å². The second-order valence-electron chi connectivity index (χ2n) is 4.35. The van der Waals surface area contributed by atoms with Gasteiger partial charge in [0.05, 0.1) is 17.3 Å². The van der Waals surface area contributed by atoms with E-state index in [-0.39, 0.29) is 0 Å². The zero-order valence-electron chi connectivity index (χ0n) is 10.8. The van der Waals surface area contributed by atoms with E-state index in [0.29, 0.717) is 0 Å². The Morgan fingerprint density at radius 1 is 1.16 bits per heavy atom. The third-order valence-corrected chi connectivity index (χ3v) is 3.82. The summed E-state index contributed by atoms with van der Waals surface area (Å²) in [6.07, 6.45) is 0. The summed E-state index contributed by atoms with van der Waals surface area (Å²) in [6, 6.07) is 14.2. The van der Waals surface area contributed by atoms with Crippen molar-refractivity contribution in [2.75, 3.05) is 12.4 Å². The van der Waals surface area contributed by atoms with Crippen LogP contribution in [0.5, 0.6) is 5.75 Å². The summed E-state index contributed by atoms with van der Waals surface area (Å²) in [5.74, 6) is 0.833. The van der Waals surface area contributed by atoms with Crippen LogP contribution in [0.3, 0.4) is 0 Å². The number of anilines is 2. The number of nitrogens with one attached hydrogen (secondary N) is 1. The van der Waals surface area contributed by atoms with Crippen LogP contribution in [-0.2, 0) is 0 Å². The molecule has 0 aliphatic rings. The van der Waals surface area contributed by atoms with Crippen LogP contribution in [-0.4, -0.2) is 12.1 Å². The third-order valence-electron chi connectivity index (χ3n) is 2.86. The molecule has 0 bridgehead atoms. The minimum absolute atomic E-state index is 0.833. The number of thiazole rings is 1. The molecule has 0 unspecified atom stereocenters. The molecular formula is C15H14N2OS.